The van der Waals surface area contributed by atoms with Crippen LogP contribution in [0.4, 0.5) is 0 Å². The molecule has 0 bridgehead atoms. The standard InChI is InChI=1S/C13H14BNO3/c1-9(14(17)18)15-13(16)12-7-6-10-4-2-3-5-11(10)8-12/h2-9,17-18H,1H3,(H,15,16)/t9-/m1/s1. The molecule has 1 amide bonds. The molecule has 0 saturated heterocycles. The van der Waals surface area contributed by atoms with Crippen molar-refractivity contribution in [2.45, 2.75) is 12.9 Å². The molecule has 4 nitrogen and oxygen atoms in total. The van der Waals surface area contributed by atoms with E-state index in [2.05, 4.69) is 5.32 Å². The molecule has 1 atom stereocenters. The van der Waals surface area contributed by atoms with Crippen molar-refractivity contribution in [3.05, 3.63) is 48.0 Å². The summed E-state index contributed by atoms with van der Waals surface area (Å²) in [6.07, 6.45) is 0. The Morgan fingerprint density at radius 1 is 1.17 bits per heavy atom. The molecule has 0 spiro atoms. The largest absolute Gasteiger partial charge is 0.475 e. The first-order chi connectivity index (χ1) is 8.58. The summed E-state index contributed by atoms with van der Waals surface area (Å²) in [5.41, 5.74) is 0.501. The van der Waals surface area contributed by atoms with Crippen molar-refractivity contribution in [3.63, 3.8) is 0 Å². The Balaban J connectivity index is 2.23. The van der Waals surface area contributed by atoms with E-state index in [0.717, 1.165) is 10.8 Å². The van der Waals surface area contributed by atoms with Crippen LogP contribution in [0.2, 0.25) is 0 Å². The number of hydrogen-bond donors (Lipinski definition) is 3. The summed E-state index contributed by atoms with van der Waals surface area (Å²) in [5, 5.41) is 22.4. The summed E-state index contributed by atoms with van der Waals surface area (Å²) >= 11 is 0. The van der Waals surface area contributed by atoms with Gasteiger partial charge >= 0.3 is 7.12 Å². The molecule has 5 heteroatoms. The van der Waals surface area contributed by atoms with Gasteiger partial charge in [0.05, 0.1) is 5.94 Å². The number of fused-ring (bicyclic) bond motifs is 1. The fraction of sp³-hybridized carbons (Fsp3) is 0.154. The van der Waals surface area contributed by atoms with E-state index in [4.69, 9.17) is 10.0 Å². The molecule has 0 heterocycles. The zero-order chi connectivity index (χ0) is 13.1. The van der Waals surface area contributed by atoms with E-state index in [1.54, 1.807) is 12.1 Å². The van der Waals surface area contributed by atoms with Crippen molar-refractivity contribution < 1.29 is 14.8 Å². The zero-order valence-corrected chi connectivity index (χ0v) is 10.00. The Morgan fingerprint density at radius 3 is 2.50 bits per heavy atom. The van der Waals surface area contributed by atoms with Gasteiger partial charge in [0.1, 0.15) is 0 Å². The number of nitrogens with one attached hydrogen (secondary N) is 1. The molecule has 0 aliphatic rings. The number of benzene rings is 2. The maximum absolute atomic E-state index is 11.9. The first-order valence-corrected chi connectivity index (χ1v) is 5.74. The lowest BCUT2D eigenvalue weighted by atomic mass is 9.81. The van der Waals surface area contributed by atoms with Crippen molar-refractivity contribution in [2.75, 3.05) is 0 Å². The van der Waals surface area contributed by atoms with Crippen LogP contribution in [0.3, 0.4) is 0 Å². The number of amides is 1. The second-order valence-electron chi connectivity index (χ2n) is 4.24. The van der Waals surface area contributed by atoms with Crippen LogP contribution in [-0.2, 0) is 0 Å². The van der Waals surface area contributed by atoms with Gasteiger partial charge in [-0.25, -0.2) is 0 Å². The van der Waals surface area contributed by atoms with Gasteiger partial charge in [-0.2, -0.15) is 0 Å². The van der Waals surface area contributed by atoms with Gasteiger partial charge in [0.2, 0.25) is 0 Å². The van der Waals surface area contributed by atoms with Crippen molar-refractivity contribution in [1.29, 1.82) is 0 Å². The summed E-state index contributed by atoms with van der Waals surface area (Å²) in [6.45, 7) is 1.53. The fourth-order valence-corrected chi connectivity index (χ4v) is 1.70. The molecule has 2 rings (SSSR count). The average Bonchev–Trinajstić information content (AvgIpc) is 2.37. The van der Waals surface area contributed by atoms with Gasteiger partial charge in [0.15, 0.2) is 0 Å². The molecule has 2 aromatic rings. The van der Waals surface area contributed by atoms with Crippen LogP contribution in [0.15, 0.2) is 42.5 Å². The summed E-state index contributed by atoms with van der Waals surface area (Å²) in [4.78, 5) is 11.9. The average molecular weight is 243 g/mol. The third kappa shape index (κ3) is 2.69. The molecule has 18 heavy (non-hydrogen) atoms. The quantitative estimate of drug-likeness (QED) is 0.703. The van der Waals surface area contributed by atoms with Gasteiger partial charge in [-0.05, 0) is 29.8 Å². The molecule has 92 valence electrons. The molecule has 0 aliphatic carbocycles. The highest BCUT2D eigenvalue weighted by atomic mass is 16.4. The van der Waals surface area contributed by atoms with Crippen molar-refractivity contribution in [1.82, 2.24) is 5.32 Å². The monoisotopic (exact) mass is 243 g/mol. The predicted octanol–water partition coefficient (Wildman–Crippen LogP) is 0.970. The highest BCUT2D eigenvalue weighted by molar-refractivity contribution is 6.43. The summed E-state index contributed by atoms with van der Waals surface area (Å²) in [7, 11) is -1.56. The van der Waals surface area contributed by atoms with Crippen molar-refractivity contribution in [3.8, 4) is 0 Å². The molecule has 0 radical (unpaired) electrons. The topological polar surface area (TPSA) is 69.6 Å². The summed E-state index contributed by atoms with van der Waals surface area (Å²) in [5.74, 6) is -1.02. The van der Waals surface area contributed by atoms with E-state index < -0.39 is 13.1 Å². The molecule has 3 N–H and O–H groups in total. The highest BCUT2D eigenvalue weighted by Gasteiger charge is 2.20. The second kappa shape index (κ2) is 5.20. The maximum atomic E-state index is 11.9. The minimum Gasteiger partial charge on any atom is -0.426 e. The van der Waals surface area contributed by atoms with Crippen LogP contribution in [0, 0.1) is 0 Å². The lowest BCUT2D eigenvalue weighted by Crippen LogP contribution is -2.44. The highest BCUT2D eigenvalue weighted by Crippen LogP contribution is 2.15. The maximum Gasteiger partial charge on any atom is 0.475 e. The van der Waals surface area contributed by atoms with Gasteiger partial charge < -0.3 is 15.4 Å². The number of carbonyl (C=O) groups excluding carboxylic acids is 1. The van der Waals surface area contributed by atoms with E-state index in [9.17, 15) is 4.79 Å². The van der Waals surface area contributed by atoms with Gasteiger partial charge in [-0.1, -0.05) is 30.3 Å². The lowest BCUT2D eigenvalue weighted by molar-refractivity contribution is 0.0945. The van der Waals surface area contributed by atoms with Crippen LogP contribution in [0.25, 0.3) is 10.8 Å². The predicted molar refractivity (Wildman–Crippen MR) is 71.1 cm³/mol. The van der Waals surface area contributed by atoms with Crippen molar-refractivity contribution in [2.24, 2.45) is 0 Å². The first kappa shape index (κ1) is 12.6. The summed E-state index contributed by atoms with van der Waals surface area (Å²) in [6, 6.07) is 13.1. The number of hydrogen-bond acceptors (Lipinski definition) is 3. The minimum atomic E-state index is -1.56. The van der Waals surface area contributed by atoms with Gasteiger partial charge in [0.25, 0.3) is 5.91 Å². The zero-order valence-electron chi connectivity index (χ0n) is 10.00. The Hall–Kier alpha value is -1.85. The van der Waals surface area contributed by atoms with E-state index in [1.807, 2.05) is 30.3 Å². The molecular weight excluding hydrogens is 229 g/mol. The van der Waals surface area contributed by atoms with Crippen LogP contribution in [0.1, 0.15) is 17.3 Å². The number of rotatable bonds is 3. The Kier molecular flexibility index (Phi) is 3.65. The molecule has 2 aromatic carbocycles. The van der Waals surface area contributed by atoms with Gasteiger partial charge in [0, 0.05) is 5.56 Å². The Labute approximate surface area is 105 Å². The second-order valence-corrected chi connectivity index (χ2v) is 4.24. The van der Waals surface area contributed by atoms with E-state index in [-0.39, 0.29) is 5.91 Å². The third-order valence-electron chi connectivity index (χ3n) is 2.82. The fourth-order valence-electron chi connectivity index (χ4n) is 1.70. The normalized spacial score (nSPS) is 12.2. The molecule has 0 aromatic heterocycles. The van der Waals surface area contributed by atoms with E-state index in [1.165, 1.54) is 6.92 Å². The smallest absolute Gasteiger partial charge is 0.426 e. The molecular formula is C13H14BNO3. The minimum absolute atomic E-state index is 0.318. The van der Waals surface area contributed by atoms with Crippen LogP contribution >= 0.6 is 0 Å². The van der Waals surface area contributed by atoms with Crippen LogP contribution in [-0.4, -0.2) is 29.0 Å². The van der Waals surface area contributed by atoms with Gasteiger partial charge in [-0.15, -0.1) is 0 Å². The Bertz CT molecular complexity index is 571. The third-order valence-corrected chi connectivity index (χ3v) is 2.82. The van der Waals surface area contributed by atoms with E-state index >= 15 is 0 Å². The Morgan fingerprint density at radius 2 is 1.83 bits per heavy atom. The summed E-state index contributed by atoms with van der Waals surface area (Å²) < 4.78 is 0. The van der Waals surface area contributed by atoms with E-state index in [0.29, 0.717) is 5.56 Å². The first-order valence-electron chi connectivity index (χ1n) is 5.74. The lowest BCUT2D eigenvalue weighted by Gasteiger charge is -2.12. The van der Waals surface area contributed by atoms with Crippen LogP contribution < -0.4 is 5.32 Å². The molecule has 0 aliphatic heterocycles. The molecule has 0 saturated carbocycles. The number of carbonyl (C=O) groups is 1. The van der Waals surface area contributed by atoms with Gasteiger partial charge in [-0.3, -0.25) is 4.79 Å². The van der Waals surface area contributed by atoms with Crippen LogP contribution in [0.5, 0.6) is 0 Å². The molecule has 0 unspecified atom stereocenters. The van der Waals surface area contributed by atoms with Crippen molar-refractivity contribution >= 4 is 23.8 Å². The SMILES string of the molecule is C[C@@H](NC(=O)c1ccc2ccccc2c1)B(O)O. The molecule has 0 fully saturated rings.